The number of hydrogen-bond donors (Lipinski definition) is 3. The van der Waals surface area contributed by atoms with Crippen molar-refractivity contribution in [2.24, 2.45) is 0 Å². The molecule has 3 unspecified atom stereocenters. The molecule has 0 aromatic carbocycles. The first-order valence-electron chi connectivity index (χ1n) is 21.9. The molecule has 9 heteroatoms. The van der Waals surface area contributed by atoms with Crippen molar-refractivity contribution in [3.05, 3.63) is 0 Å². The van der Waals surface area contributed by atoms with Gasteiger partial charge in [0.15, 0.2) is 0 Å². The van der Waals surface area contributed by atoms with Gasteiger partial charge in [-0.05, 0) is 6.42 Å². The first-order chi connectivity index (χ1) is 24.5. The van der Waals surface area contributed by atoms with E-state index in [0.29, 0.717) is 17.4 Å². The predicted octanol–water partition coefficient (Wildman–Crippen LogP) is 11.8. The quantitative estimate of drug-likeness (QED) is 0.0327. The lowest BCUT2D eigenvalue weighted by Gasteiger charge is -2.26. The molecule has 0 spiro atoms. The molecule has 0 aliphatic rings. The summed E-state index contributed by atoms with van der Waals surface area (Å²) in [7, 11) is 1.62. The molecule has 0 rings (SSSR count). The Balaban J connectivity index is 3.61. The topological polar surface area (TPSA) is 105 Å². The van der Waals surface area contributed by atoms with Gasteiger partial charge in [-0.2, -0.15) is 0 Å². The Morgan fingerprint density at radius 2 is 0.922 bits per heavy atom. The summed E-state index contributed by atoms with van der Waals surface area (Å²) in [6.45, 7) is 4.37. The maximum absolute atomic E-state index is 12.3. The minimum atomic E-state index is -4.27. The van der Waals surface area contributed by atoms with Gasteiger partial charge in [0, 0.05) is 6.42 Å². The lowest BCUT2D eigenvalue weighted by molar-refractivity contribution is -0.870. The summed E-state index contributed by atoms with van der Waals surface area (Å²) in [6, 6.07) is -0.751. The lowest BCUT2D eigenvalue weighted by atomic mass is 10.0. The Bertz CT molecular complexity index is 809. The fraction of sp³-hybridized carbons (Fsp3) is 0.976. The van der Waals surface area contributed by atoms with Crippen LogP contribution in [0.15, 0.2) is 0 Å². The van der Waals surface area contributed by atoms with Crippen LogP contribution in [0.4, 0.5) is 0 Å². The molecule has 0 heterocycles. The van der Waals surface area contributed by atoms with E-state index in [1.807, 2.05) is 21.1 Å². The molecule has 1 amide bonds. The van der Waals surface area contributed by atoms with Crippen molar-refractivity contribution in [1.29, 1.82) is 0 Å². The first-order valence-corrected chi connectivity index (χ1v) is 23.4. The minimum absolute atomic E-state index is 0.0749. The van der Waals surface area contributed by atoms with Gasteiger partial charge in [-0.15, -0.1) is 0 Å². The Labute approximate surface area is 317 Å². The zero-order valence-electron chi connectivity index (χ0n) is 34.6. The van der Waals surface area contributed by atoms with Gasteiger partial charge in [0.05, 0.1) is 39.9 Å². The van der Waals surface area contributed by atoms with Crippen molar-refractivity contribution in [3.63, 3.8) is 0 Å². The third kappa shape index (κ3) is 37.6. The van der Waals surface area contributed by atoms with E-state index in [9.17, 15) is 19.4 Å². The second kappa shape index (κ2) is 35.2. The molecule has 3 atom stereocenters. The van der Waals surface area contributed by atoms with E-state index in [4.69, 9.17) is 9.05 Å². The number of aliphatic hydroxyl groups is 1. The third-order valence-electron chi connectivity index (χ3n) is 10.2. The molecule has 3 N–H and O–H groups in total. The highest BCUT2D eigenvalue weighted by atomic mass is 31.2. The smallest absolute Gasteiger partial charge is 0.391 e. The van der Waals surface area contributed by atoms with Crippen LogP contribution in [0.5, 0.6) is 0 Å². The molecule has 306 valence electrons. The lowest BCUT2D eigenvalue weighted by Crippen LogP contribution is -2.46. The molecule has 51 heavy (non-hydrogen) atoms. The van der Waals surface area contributed by atoms with Gasteiger partial charge in [0.25, 0.3) is 0 Å². The van der Waals surface area contributed by atoms with Crippen LogP contribution in [0, 0.1) is 0 Å². The molecule has 0 saturated carbocycles. The summed E-state index contributed by atoms with van der Waals surface area (Å²) >= 11 is 0. The number of phosphoric ester groups is 1. The summed E-state index contributed by atoms with van der Waals surface area (Å²) in [5.74, 6) is -0.230. The Hall–Kier alpha value is -0.500. The van der Waals surface area contributed by atoms with E-state index in [0.717, 1.165) is 19.3 Å². The predicted molar refractivity (Wildman–Crippen MR) is 217 cm³/mol. The van der Waals surface area contributed by atoms with Crippen molar-refractivity contribution in [3.8, 4) is 0 Å². The Kier molecular flexibility index (Phi) is 34.9. The van der Waals surface area contributed by atoms with Gasteiger partial charge in [-0.1, -0.05) is 200 Å². The highest BCUT2D eigenvalue weighted by Gasteiger charge is 2.28. The van der Waals surface area contributed by atoms with Crippen LogP contribution in [0.3, 0.4) is 0 Å². The van der Waals surface area contributed by atoms with Gasteiger partial charge >= 0.3 is 7.82 Å². The van der Waals surface area contributed by atoms with Crippen molar-refractivity contribution in [1.82, 2.24) is 5.32 Å². The Morgan fingerprint density at radius 1 is 0.588 bits per heavy atom. The van der Waals surface area contributed by atoms with E-state index in [2.05, 4.69) is 12.2 Å². The number of amides is 1. The molecule has 0 aromatic rings. The summed E-state index contributed by atoms with van der Waals surface area (Å²) in [6.07, 6.45) is 39.5. The van der Waals surface area contributed by atoms with E-state index < -0.39 is 20.0 Å². The summed E-state index contributed by atoms with van der Waals surface area (Å²) in [4.78, 5) is 22.0. The minimum Gasteiger partial charge on any atom is -0.391 e. The number of unbranched alkanes of at least 4 members (excludes halogenated alkanes) is 28. The molecule has 0 aromatic heterocycles. The summed E-state index contributed by atoms with van der Waals surface area (Å²) in [5.41, 5.74) is 0. The van der Waals surface area contributed by atoms with Crippen LogP contribution in [0.1, 0.15) is 213 Å². The van der Waals surface area contributed by atoms with Crippen LogP contribution >= 0.6 is 7.82 Å². The molecule has 0 radical (unpaired) electrons. The molecule has 0 fully saturated rings. The highest BCUT2D eigenvalue weighted by molar-refractivity contribution is 7.47. The number of nitrogens with one attached hydrogen (secondary N) is 1. The van der Waals surface area contributed by atoms with Crippen LogP contribution in [-0.4, -0.2) is 73.4 Å². The fourth-order valence-corrected chi connectivity index (χ4v) is 7.34. The largest absolute Gasteiger partial charge is 0.472 e. The SMILES string of the molecule is CCCCCCCCCCCCCCCCCCCCCCCCCCCCCCCC(O)C(COP(=O)(O)OCC[N+](C)(C)C)NC(=O)CC. The zero-order valence-corrected chi connectivity index (χ0v) is 35.5. The van der Waals surface area contributed by atoms with Crippen LogP contribution < -0.4 is 5.32 Å². The molecule has 0 aliphatic carbocycles. The van der Waals surface area contributed by atoms with Gasteiger partial charge in [-0.3, -0.25) is 13.8 Å². The summed E-state index contributed by atoms with van der Waals surface area (Å²) < 4.78 is 23.1. The molecule has 0 saturated heterocycles. The number of aliphatic hydroxyl groups excluding tert-OH is 1. The van der Waals surface area contributed by atoms with Gasteiger partial charge in [0.2, 0.25) is 5.91 Å². The van der Waals surface area contributed by atoms with Crippen molar-refractivity contribution < 1.29 is 32.9 Å². The van der Waals surface area contributed by atoms with Gasteiger partial charge in [-0.25, -0.2) is 4.57 Å². The van der Waals surface area contributed by atoms with E-state index >= 15 is 0 Å². The second-order valence-electron chi connectivity index (χ2n) is 16.4. The molecular weight excluding hydrogens is 659 g/mol. The van der Waals surface area contributed by atoms with Crippen LogP contribution in [-0.2, 0) is 18.4 Å². The number of carbonyl (C=O) groups excluding carboxylic acids is 1. The second-order valence-corrected chi connectivity index (χ2v) is 17.8. The molecule has 0 aliphatic heterocycles. The van der Waals surface area contributed by atoms with E-state index in [-0.39, 0.29) is 25.5 Å². The number of phosphoric acid groups is 1. The number of hydrogen-bond acceptors (Lipinski definition) is 5. The maximum Gasteiger partial charge on any atom is 0.472 e. The van der Waals surface area contributed by atoms with Crippen LogP contribution in [0.25, 0.3) is 0 Å². The molecule has 8 nitrogen and oxygen atoms in total. The normalized spacial score (nSPS) is 14.4. The van der Waals surface area contributed by atoms with Crippen molar-refractivity contribution in [2.75, 3.05) is 40.9 Å². The van der Waals surface area contributed by atoms with E-state index in [1.165, 1.54) is 167 Å². The van der Waals surface area contributed by atoms with Gasteiger partial charge in [0.1, 0.15) is 13.2 Å². The van der Waals surface area contributed by atoms with Crippen molar-refractivity contribution >= 4 is 13.7 Å². The molecule has 0 bridgehead atoms. The monoisotopic (exact) mass is 748 g/mol. The van der Waals surface area contributed by atoms with Crippen LogP contribution in [0.2, 0.25) is 0 Å². The standard InChI is InChI=1S/C42H87N2O6P/c1-6-8-9-10-11-12-13-14-15-16-17-18-19-20-21-22-23-24-25-26-27-28-29-30-31-32-33-34-35-36-41(45)40(43-42(46)7-2)39-50-51(47,48)49-38-37-44(3,4)5/h40-41,45H,6-39H2,1-5H3,(H-,43,46,47,48)/p+1. The van der Waals surface area contributed by atoms with E-state index in [1.54, 1.807) is 6.92 Å². The number of quaternary nitrogens is 1. The van der Waals surface area contributed by atoms with Crippen molar-refractivity contribution in [2.45, 2.75) is 225 Å². The number of nitrogens with zero attached hydrogens (tertiary/aromatic N) is 1. The molecular formula is C42H88N2O6P+. The average molecular weight is 748 g/mol. The highest BCUT2D eigenvalue weighted by Crippen LogP contribution is 2.43. The zero-order chi connectivity index (χ0) is 37.9. The maximum atomic E-state index is 12.3. The first kappa shape index (κ1) is 50.5. The fourth-order valence-electron chi connectivity index (χ4n) is 6.60. The third-order valence-corrected chi connectivity index (χ3v) is 11.2. The average Bonchev–Trinajstić information content (AvgIpc) is 3.08. The Morgan fingerprint density at radius 3 is 1.24 bits per heavy atom. The summed E-state index contributed by atoms with van der Waals surface area (Å²) in [5, 5.41) is 13.5. The number of carbonyl (C=O) groups is 1. The number of rotatable bonds is 40. The number of likely N-dealkylation sites (N-methyl/N-ethyl adjacent to an activating group) is 1. The van der Waals surface area contributed by atoms with Gasteiger partial charge < -0.3 is 19.8 Å².